The number of hydrogen-bond acceptors (Lipinski definition) is 8. The SMILES string of the molecule is CCCC(=O)Nc1cccc(SC(C)C(=O)Nc2sc3c(c2C(=O)OCC)CCN(C(=O)OC(C)(C)C)C3)c1. The Morgan fingerprint density at radius 2 is 1.90 bits per heavy atom. The maximum absolute atomic E-state index is 13.2. The van der Waals surface area contributed by atoms with Crippen LogP contribution in [-0.4, -0.2) is 52.8 Å². The summed E-state index contributed by atoms with van der Waals surface area (Å²) in [5.41, 5.74) is 1.21. The van der Waals surface area contributed by atoms with Crippen LogP contribution < -0.4 is 10.6 Å². The molecule has 1 aromatic carbocycles. The zero-order chi connectivity index (χ0) is 28.7. The molecule has 1 aliphatic heterocycles. The third kappa shape index (κ3) is 8.47. The molecule has 212 valence electrons. The summed E-state index contributed by atoms with van der Waals surface area (Å²) < 4.78 is 10.8. The molecule has 2 aromatic rings. The molecule has 0 bridgehead atoms. The average molecular weight is 576 g/mol. The lowest BCUT2D eigenvalue weighted by Gasteiger charge is -2.30. The molecule has 39 heavy (non-hydrogen) atoms. The Hall–Kier alpha value is -3.05. The van der Waals surface area contributed by atoms with E-state index in [1.807, 2.05) is 52.0 Å². The second-order valence-corrected chi connectivity index (χ2v) is 12.7. The van der Waals surface area contributed by atoms with Crippen molar-refractivity contribution >= 4 is 57.7 Å². The second-order valence-electron chi connectivity index (χ2n) is 10.2. The van der Waals surface area contributed by atoms with Gasteiger partial charge >= 0.3 is 12.1 Å². The Bertz CT molecular complexity index is 1220. The minimum atomic E-state index is -0.615. The van der Waals surface area contributed by atoms with E-state index in [-0.39, 0.29) is 25.0 Å². The topological polar surface area (TPSA) is 114 Å². The monoisotopic (exact) mass is 575 g/mol. The van der Waals surface area contributed by atoms with Crippen molar-refractivity contribution in [2.45, 2.75) is 83.1 Å². The summed E-state index contributed by atoms with van der Waals surface area (Å²) in [6, 6.07) is 7.35. The zero-order valence-electron chi connectivity index (χ0n) is 23.3. The lowest BCUT2D eigenvalue weighted by atomic mass is 10.0. The maximum Gasteiger partial charge on any atom is 0.410 e. The van der Waals surface area contributed by atoms with E-state index >= 15 is 0 Å². The molecule has 1 unspecified atom stereocenters. The van der Waals surface area contributed by atoms with Crippen LogP contribution >= 0.6 is 23.1 Å². The number of fused-ring (bicyclic) bond motifs is 1. The Labute approximate surface area is 238 Å². The van der Waals surface area contributed by atoms with Gasteiger partial charge in [0.1, 0.15) is 10.6 Å². The van der Waals surface area contributed by atoms with E-state index < -0.39 is 22.9 Å². The number of amides is 3. The number of benzene rings is 1. The summed E-state index contributed by atoms with van der Waals surface area (Å²) in [5.74, 6) is -0.816. The highest BCUT2D eigenvalue weighted by Gasteiger charge is 2.33. The van der Waals surface area contributed by atoms with Crippen molar-refractivity contribution in [2.24, 2.45) is 0 Å². The van der Waals surface area contributed by atoms with Crippen molar-refractivity contribution < 1.29 is 28.7 Å². The molecule has 1 atom stereocenters. The molecular weight excluding hydrogens is 538 g/mol. The van der Waals surface area contributed by atoms with Gasteiger partial charge in [-0.25, -0.2) is 9.59 Å². The molecule has 0 spiro atoms. The van der Waals surface area contributed by atoms with Gasteiger partial charge in [-0.1, -0.05) is 13.0 Å². The number of thioether (sulfide) groups is 1. The maximum atomic E-state index is 13.2. The number of nitrogens with one attached hydrogen (secondary N) is 2. The van der Waals surface area contributed by atoms with E-state index in [0.29, 0.717) is 35.6 Å². The summed E-state index contributed by atoms with van der Waals surface area (Å²) in [4.78, 5) is 53.9. The molecule has 0 saturated heterocycles. The summed E-state index contributed by atoms with van der Waals surface area (Å²) >= 11 is 2.63. The molecule has 0 fully saturated rings. The third-order valence-corrected chi connectivity index (χ3v) is 7.93. The lowest BCUT2D eigenvalue weighted by molar-refractivity contribution is -0.116. The normalized spacial score (nSPS) is 13.7. The number of nitrogens with zero attached hydrogens (tertiary/aromatic N) is 1. The van der Waals surface area contributed by atoms with Gasteiger partial charge in [-0.2, -0.15) is 0 Å². The molecule has 2 heterocycles. The number of carbonyl (C=O) groups is 4. The minimum absolute atomic E-state index is 0.0520. The molecule has 3 amide bonds. The highest BCUT2D eigenvalue weighted by Crippen LogP contribution is 2.38. The van der Waals surface area contributed by atoms with E-state index in [1.54, 1.807) is 18.7 Å². The Morgan fingerprint density at radius 1 is 1.15 bits per heavy atom. The van der Waals surface area contributed by atoms with Crippen LogP contribution in [0.3, 0.4) is 0 Å². The predicted octanol–water partition coefficient (Wildman–Crippen LogP) is 6.08. The van der Waals surface area contributed by atoms with Crippen molar-refractivity contribution in [3.8, 4) is 0 Å². The van der Waals surface area contributed by atoms with Crippen molar-refractivity contribution in [3.63, 3.8) is 0 Å². The molecule has 1 aliphatic rings. The van der Waals surface area contributed by atoms with Gasteiger partial charge in [0.15, 0.2) is 0 Å². The molecule has 11 heteroatoms. The Balaban J connectivity index is 1.76. The van der Waals surface area contributed by atoms with Gasteiger partial charge in [-0.15, -0.1) is 23.1 Å². The largest absolute Gasteiger partial charge is 0.462 e. The van der Waals surface area contributed by atoms with Crippen molar-refractivity contribution in [3.05, 3.63) is 40.3 Å². The van der Waals surface area contributed by atoms with Gasteiger partial charge < -0.3 is 25.0 Å². The summed E-state index contributed by atoms with van der Waals surface area (Å²) in [6.45, 7) is 11.8. The fourth-order valence-corrected chi connectivity index (χ4v) is 6.14. The number of carbonyl (C=O) groups excluding carboxylic acids is 4. The van der Waals surface area contributed by atoms with Crippen LogP contribution in [0, 0.1) is 0 Å². The van der Waals surface area contributed by atoms with Gasteiger partial charge in [0.05, 0.1) is 24.0 Å². The average Bonchev–Trinajstić information content (AvgIpc) is 3.20. The second kappa shape index (κ2) is 13.3. The van der Waals surface area contributed by atoms with Crippen molar-refractivity contribution in [2.75, 3.05) is 23.8 Å². The van der Waals surface area contributed by atoms with Crippen molar-refractivity contribution in [1.29, 1.82) is 0 Å². The van der Waals surface area contributed by atoms with Gasteiger partial charge in [0.25, 0.3) is 0 Å². The lowest BCUT2D eigenvalue weighted by Crippen LogP contribution is -2.39. The number of rotatable bonds is 9. The summed E-state index contributed by atoms with van der Waals surface area (Å²) in [7, 11) is 0. The van der Waals surface area contributed by atoms with Gasteiger partial charge in [-0.05, 0) is 71.2 Å². The molecule has 1 aromatic heterocycles. The van der Waals surface area contributed by atoms with Crippen LogP contribution in [0.1, 0.15) is 75.2 Å². The van der Waals surface area contributed by atoms with Crippen LogP contribution in [0.15, 0.2) is 29.2 Å². The molecule has 0 aliphatic carbocycles. The highest BCUT2D eigenvalue weighted by molar-refractivity contribution is 8.00. The first kappa shape index (κ1) is 30.5. The summed E-state index contributed by atoms with van der Waals surface area (Å²) in [5, 5.41) is 5.73. The molecule has 2 N–H and O–H groups in total. The summed E-state index contributed by atoms with van der Waals surface area (Å²) in [6.07, 6.45) is 1.24. The van der Waals surface area contributed by atoms with Crippen LogP contribution in [-0.2, 0) is 32.0 Å². The van der Waals surface area contributed by atoms with Crippen LogP contribution in [0.5, 0.6) is 0 Å². The molecule has 0 saturated carbocycles. The fraction of sp³-hybridized carbons (Fsp3) is 0.500. The first-order valence-electron chi connectivity index (χ1n) is 13.1. The van der Waals surface area contributed by atoms with E-state index in [1.165, 1.54) is 23.1 Å². The number of thiophene rings is 1. The van der Waals surface area contributed by atoms with Gasteiger partial charge in [-0.3, -0.25) is 9.59 Å². The van der Waals surface area contributed by atoms with E-state index in [0.717, 1.165) is 21.8 Å². The van der Waals surface area contributed by atoms with E-state index in [9.17, 15) is 19.2 Å². The predicted molar refractivity (Wildman–Crippen MR) is 155 cm³/mol. The number of esters is 1. The Morgan fingerprint density at radius 3 is 2.56 bits per heavy atom. The third-order valence-electron chi connectivity index (χ3n) is 5.70. The molecule has 3 rings (SSSR count). The first-order chi connectivity index (χ1) is 18.4. The number of hydrogen-bond donors (Lipinski definition) is 2. The molecular formula is C28H37N3O6S2. The molecule has 0 radical (unpaired) electrons. The number of ether oxygens (including phenoxy) is 2. The zero-order valence-corrected chi connectivity index (χ0v) is 25.0. The van der Waals surface area contributed by atoms with E-state index in [4.69, 9.17) is 9.47 Å². The smallest absolute Gasteiger partial charge is 0.410 e. The first-order valence-corrected chi connectivity index (χ1v) is 14.8. The fourth-order valence-electron chi connectivity index (χ4n) is 3.96. The standard InChI is InChI=1S/C28H37N3O6S2/c1-7-10-22(32)29-18-11-9-12-19(15-18)38-17(3)24(33)30-25-23(26(34)36-8-2)20-13-14-31(16-21(20)39-25)27(35)37-28(4,5)6/h9,11-12,15,17H,7-8,10,13-14,16H2,1-6H3,(H,29,32)(H,30,33). The highest BCUT2D eigenvalue weighted by atomic mass is 32.2. The van der Waals surface area contributed by atoms with Gasteiger partial charge in [0, 0.05) is 28.4 Å². The number of anilines is 2. The Kier molecular flexibility index (Phi) is 10.4. The molecule has 9 nitrogen and oxygen atoms in total. The minimum Gasteiger partial charge on any atom is -0.462 e. The van der Waals surface area contributed by atoms with E-state index in [2.05, 4.69) is 10.6 Å². The van der Waals surface area contributed by atoms with Crippen LogP contribution in [0.25, 0.3) is 0 Å². The van der Waals surface area contributed by atoms with Crippen LogP contribution in [0.4, 0.5) is 15.5 Å². The van der Waals surface area contributed by atoms with Crippen LogP contribution in [0.2, 0.25) is 0 Å². The van der Waals surface area contributed by atoms with Crippen molar-refractivity contribution in [1.82, 2.24) is 4.90 Å². The van der Waals surface area contributed by atoms with Gasteiger partial charge in [0.2, 0.25) is 11.8 Å². The quantitative estimate of drug-likeness (QED) is 0.275.